The van der Waals surface area contributed by atoms with Crippen molar-refractivity contribution in [2.24, 2.45) is 10.2 Å². The lowest BCUT2D eigenvalue weighted by molar-refractivity contribution is -0.384. The quantitative estimate of drug-likeness (QED) is 0.351. The third-order valence-electron chi connectivity index (χ3n) is 3.36. The third-order valence-corrected chi connectivity index (χ3v) is 4.58. The second-order valence-electron chi connectivity index (χ2n) is 5.27. The Morgan fingerprint density at radius 2 is 1.89 bits per heavy atom. The molecule has 3 rings (SSSR count). The van der Waals surface area contributed by atoms with Crippen LogP contribution in [0.1, 0.15) is 11.1 Å². The molecule has 0 aliphatic carbocycles. The first-order chi connectivity index (χ1) is 12.9. The van der Waals surface area contributed by atoms with E-state index in [9.17, 15) is 20.0 Å². The Labute approximate surface area is 162 Å². The molecule has 136 valence electrons. The van der Waals surface area contributed by atoms with Crippen LogP contribution < -0.4 is 5.32 Å². The Bertz CT molecular complexity index is 1000. The molecule has 0 spiro atoms. The number of carbonyl (C=O) groups excluding carboxylic acids is 1. The SMILES string of the molecule is O=C1N/C(=N\N=Cc2ccc(Cl)c([N+](=O)[O-])c2)SC1=Cc1ccc(O)cc1. The lowest BCUT2D eigenvalue weighted by atomic mass is 10.2. The summed E-state index contributed by atoms with van der Waals surface area (Å²) >= 11 is 6.86. The summed E-state index contributed by atoms with van der Waals surface area (Å²) in [6.07, 6.45) is 2.99. The van der Waals surface area contributed by atoms with Crippen LogP contribution in [0, 0.1) is 10.1 Å². The predicted molar refractivity (Wildman–Crippen MR) is 105 cm³/mol. The summed E-state index contributed by atoms with van der Waals surface area (Å²) in [6, 6.07) is 10.6. The molecule has 0 aromatic heterocycles. The second kappa shape index (κ2) is 8.02. The topological polar surface area (TPSA) is 117 Å². The number of hydrogen-bond acceptors (Lipinski definition) is 7. The van der Waals surface area contributed by atoms with Crippen molar-refractivity contribution < 1.29 is 14.8 Å². The van der Waals surface area contributed by atoms with E-state index in [1.54, 1.807) is 24.3 Å². The van der Waals surface area contributed by atoms with Crippen LogP contribution in [0.3, 0.4) is 0 Å². The van der Waals surface area contributed by atoms with E-state index in [4.69, 9.17) is 11.6 Å². The number of halogens is 1. The van der Waals surface area contributed by atoms with Crippen LogP contribution in [0.5, 0.6) is 5.75 Å². The van der Waals surface area contributed by atoms with Crippen LogP contribution in [-0.4, -0.2) is 27.3 Å². The largest absolute Gasteiger partial charge is 0.508 e. The molecule has 1 aliphatic heterocycles. The molecule has 10 heteroatoms. The Balaban J connectivity index is 1.72. The minimum atomic E-state index is -0.584. The number of benzene rings is 2. The Hall–Kier alpha value is -3.17. The molecular formula is C17H11ClN4O4S. The van der Waals surface area contributed by atoms with Crippen molar-refractivity contribution in [2.45, 2.75) is 0 Å². The maximum absolute atomic E-state index is 12.0. The number of aromatic hydroxyl groups is 1. The lowest BCUT2D eigenvalue weighted by Crippen LogP contribution is -2.19. The minimum absolute atomic E-state index is 0.0334. The van der Waals surface area contributed by atoms with Crippen LogP contribution in [0.25, 0.3) is 6.08 Å². The standard InChI is InChI=1S/C17H11ClN4O4S/c18-13-6-3-11(7-14(13)22(25)26)9-19-21-17-20-16(24)15(27-17)8-10-1-4-12(23)5-2-10/h1-9,23H,(H,20,21,24). The van der Waals surface area contributed by atoms with Crippen molar-refractivity contribution in [3.05, 3.63) is 73.6 Å². The van der Waals surface area contributed by atoms with Crippen molar-refractivity contribution in [3.8, 4) is 5.75 Å². The fourth-order valence-corrected chi connectivity index (χ4v) is 3.06. The molecule has 1 saturated heterocycles. The van der Waals surface area contributed by atoms with Crippen molar-refractivity contribution in [1.29, 1.82) is 0 Å². The maximum Gasteiger partial charge on any atom is 0.288 e. The van der Waals surface area contributed by atoms with Gasteiger partial charge in [0, 0.05) is 11.6 Å². The summed E-state index contributed by atoms with van der Waals surface area (Å²) in [4.78, 5) is 22.7. The highest BCUT2D eigenvalue weighted by molar-refractivity contribution is 8.18. The summed E-state index contributed by atoms with van der Waals surface area (Å²) < 4.78 is 0. The molecule has 2 aromatic carbocycles. The summed E-state index contributed by atoms with van der Waals surface area (Å²) in [5, 5.41) is 30.8. The first-order valence-corrected chi connectivity index (χ1v) is 8.67. The molecule has 0 bridgehead atoms. The molecule has 2 aromatic rings. The normalized spacial score (nSPS) is 17.0. The van der Waals surface area contributed by atoms with Crippen LogP contribution in [0.15, 0.2) is 57.6 Å². The number of amidine groups is 1. The van der Waals surface area contributed by atoms with Gasteiger partial charge in [0.2, 0.25) is 0 Å². The molecule has 1 aliphatic rings. The van der Waals surface area contributed by atoms with Gasteiger partial charge < -0.3 is 5.11 Å². The number of phenolic OH excluding ortho intramolecular Hbond substituents is 1. The van der Waals surface area contributed by atoms with Gasteiger partial charge in [0.05, 0.1) is 16.0 Å². The summed E-state index contributed by atoms with van der Waals surface area (Å²) in [7, 11) is 0. The Morgan fingerprint density at radius 3 is 2.59 bits per heavy atom. The van der Waals surface area contributed by atoms with E-state index in [2.05, 4.69) is 15.5 Å². The van der Waals surface area contributed by atoms with Gasteiger partial charge in [-0.2, -0.15) is 5.10 Å². The van der Waals surface area contributed by atoms with E-state index in [1.807, 2.05) is 0 Å². The monoisotopic (exact) mass is 402 g/mol. The number of nitro groups is 1. The van der Waals surface area contributed by atoms with Crippen LogP contribution in [0.4, 0.5) is 5.69 Å². The van der Waals surface area contributed by atoms with Gasteiger partial charge in [-0.05, 0) is 41.6 Å². The number of phenols is 1. The zero-order chi connectivity index (χ0) is 19.4. The number of thioether (sulfide) groups is 1. The van der Waals surface area contributed by atoms with Crippen LogP contribution >= 0.6 is 23.4 Å². The number of rotatable bonds is 4. The molecule has 1 amide bonds. The highest BCUT2D eigenvalue weighted by Crippen LogP contribution is 2.27. The number of nitrogens with one attached hydrogen (secondary N) is 1. The molecule has 0 atom stereocenters. The van der Waals surface area contributed by atoms with Gasteiger partial charge in [0.25, 0.3) is 11.6 Å². The number of hydrogen-bond donors (Lipinski definition) is 2. The number of nitrogens with zero attached hydrogens (tertiary/aromatic N) is 3. The first kappa shape index (κ1) is 18.6. The summed E-state index contributed by atoms with van der Waals surface area (Å²) in [5.41, 5.74) is 0.976. The highest BCUT2D eigenvalue weighted by atomic mass is 35.5. The van der Waals surface area contributed by atoms with Crippen molar-refractivity contribution >= 4 is 52.4 Å². The van der Waals surface area contributed by atoms with E-state index in [1.165, 1.54) is 30.5 Å². The van der Waals surface area contributed by atoms with E-state index in [0.29, 0.717) is 10.5 Å². The van der Waals surface area contributed by atoms with Gasteiger partial charge >= 0.3 is 0 Å². The first-order valence-electron chi connectivity index (χ1n) is 7.47. The van der Waals surface area contributed by atoms with E-state index in [-0.39, 0.29) is 27.5 Å². The molecule has 8 nitrogen and oxygen atoms in total. The summed E-state index contributed by atoms with van der Waals surface area (Å²) in [5.74, 6) is -0.177. The lowest BCUT2D eigenvalue weighted by Gasteiger charge is -1.96. The van der Waals surface area contributed by atoms with Crippen molar-refractivity contribution in [1.82, 2.24) is 5.32 Å². The Kier molecular flexibility index (Phi) is 5.53. The summed E-state index contributed by atoms with van der Waals surface area (Å²) in [6.45, 7) is 0. The van der Waals surface area contributed by atoms with Crippen LogP contribution in [0.2, 0.25) is 5.02 Å². The minimum Gasteiger partial charge on any atom is -0.508 e. The maximum atomic E-state index is 12.0. The smallest absolute Gasteiger partial charge is 0.288 e. The van der Waals surface area contributed by atoms with Gasteiger partial charge in [0.1, 0.15) is 10.8 Å². The molecular weight excluding hydrogens is 392 g/mol. The number of nitro benzene ring substituents is 1. The second-order valence-corrected chi connectivity index (χ2v) is 6.71. The molecule has 0 saturated carbocycles. The fourth-order valence-electron chi connectivity index (χ4n) is 2.09. The fraction of sp³-hybridized carbons (Fsp3) is 0. The molecule has 1 heterocycles. The zero-order valence-corrected chi connectivity index (χ0v) is 15.1. The molecule has 27 heavy (non-hydrogen) atoms. The molecule has 0 radical (unpaired) electrons. The van der Waals surface area contributed by atoms with Crippen molar-refractivity contribution in [3.63, 3.8) is 0 Å². The highest BCUT2D eigenvalue weighted by Gasteiger charge is 2.23. The third kappa shape index (κ3) is 4.72. The van der Waals surface area contributed by atoms with E-state index < -0.39 is 4.92 Å². The van der Waals surface area contributed by atoms with E-state index in [0.717, 1.165) is 17.3 Å². The van der Waals surface area contributed by atoms with Gasteiger partial charge in [-0.15, -0.1) is 5.10 Å². The van der Waals surface area contributed by atoms with Gasteiger partial charge in [-0.25, -0.2) is 0 Å². The van der Waals surface area contributed by atoms with Gasteiger partial charge in [-0.3, -0.25) is 20.2 Å². The number of carbonyl (C=O) groups is 1. The molecule has 1 fully saturated rings. The van der Waals surface area contributed by atoms with Gasteiger partial charge in [0.15, 0.2) is 5.17 Å². The van der Waals surface area contributed by atoms with Crippen LogP contribution in [-0.2, 0) is 4.79 Å². The molecule has 2 N–H and O–H groups in total. The molecule has 0 unspecified atom stereocenters. The average molecular weight is 403 g/mol. The average Bonchev–Trinajstić information content (AvgIpc) is 2.97. The number of amides is 1. The van der Waals surface area contributed by atoms with E-state index >= 15 is 0 Å². The predicted octanol–water partition coefficient (Wildman–Crippen LogP) is 3.55. The van der Waals surface area contributed by atoms with Gasteiger partial charge in [-0.1, -0.05) is 29.8 Å². The van der Waals surface area contributed by atoms with Crippen molar-refractivity contribution in [2.75, 3.05) is 0 Å². The zero-order valence-electron chi connectivity index (χ0n) is 13.5. The Morgan fingerprint density at radius 1 is 1.19 bits per heavy atom.